The van der Waals surface area contributed by atoms with Gasteiger partial charge in [-0.2, -0.15) is 0 Å². The van der Waals surface area contributed by atoms with Crippen molar-refractivity contribution in [1.82, 2.24) is 0 Å². The lowest BCUT2D eigenvalue weighted by Gasteiger charge is -2.27. The van der Waals surface area contributed by atoms with E-state index < -0.39 is 0 Å². The van der Waals surface area contributed by atoms with Crippen molar-refractivity contribution in [3.05, 3.63) is 58.4 Å². The summed E-state index contributed by atoms with van der Waals surface area (Å²) in [7, 11) is 1.61. The summed E-state index contributed by atoms with van der Waals surface area (Å²) in [6, 6.07) is 10.6. The number of hydrogen-bond acceptors (Lipinski definition) is 4. The number of methoxy groups -OCH3 is 1. The first kappa shape index (κ1) is 18.6. The van der Waals surface area contributed by atoms with E-state index in [1.165, 1.54) is 24.0 Å². The summed E-state index contributed by atoms with van der Waals surface area (Å²) in [6.07, 6.45) is 3.88. The maximum absolute atomic E-state index is 13.1. The van der Waals surface area contributed by atoms with Gasteiger partial charge in [0.1, 0.15) is 29.9 Å². The van der Waals surface area contributed by atoms with Gasteiger partial charge in [-0.1, -0.05) is 19.1 Å². The lowest BCUT2D eigenvalue weighted by Crippen LogP contribution is -3.11. The maximum Gasteiger partial charge on any atom is 0.200 e. The predicted octanol–water partition coefficient (Wildman–Crippen LogP) is 2.99. The number of likely N-dealkylation sites (tertiary alicyclic amines) is 1. The molecule has 2 aromatic carbocycles. The normalized spacial score (nSPS) is 19.6. The van der Waals surface area contributed by atoms with E-state index >= 15 is 0 Å². The van der Waals surface area contributed by atoms with E-state index in [4.69, 9.17) is 9.15 Å². The number of piperidine rings is 1. The first-order chi connectivity index (χ1) is 13.6. The predicted molar refractivity (Wildman–Crippen MR) is 109 cm³/mol. The van der Waals surface area contributed by atoms with Crippen LogP contribution in [0.5, 0.6) is 11.5 Å². The van der Waals surface area contributed by atoms with Crippen LogP contribution in [0.3, 0.4) is 0 Å². The van der Waals surface area contributed by atoms with Crippen LogP contribution in [0.1, 0.15) is 25.3 Å². The Morgan fingerprint density at radius 1 is 1.14 bits per heavy atom. The summed E-state index contributed by atoms with van der Waals surface area (Å²) in [5.41, 5.74) is 2.41. The number of phenolic OH excluding ortho intramolecular Hbond substituents is 1. The molecule has 1 aliphatic heterocycles. The molecule has 5 nitrogen and oxygen atoms in total. The second kappa shape index (κ2) is 7.68. The van der Waals surface area contributed by atoms with Crippen LogP contribution in [0.25, 0.3) is 22.1 Å². The number of fused-ring (bicyclic) bond motifs is 1. The molecular formula is C23H26NO4+. The van der Waals surface area contributed by atoms with Crippen molar-refractivity contribution >= 4 is 11.0 Å². The van der Waals surface area contributed by atoms with Gasteiger partial charge in [-0.05, 0) is 48.6 Å². The summed E-state index contributed by atoms with van der Waals surface area (Å²) in [5.74, 6) is 1.69. The minimum absolute atomic E-state index is 0.0880. The van der Waals surface area contributed by atoms with Gasteiger partial charge >= 0.3 is 0 Å². The molecule has 3 aromatic rings. The second-order valence-corrected chi connectivity index (χ2v) is 7.76. The van der Waals surface area contributed by atoms with Crippen LogP contribution >= 0.6 is 0 Å². The van der Waals surface area contributed by atoms with Crippen molar-refractivity contribution in [2.45, 2.75) is 26.3 Å². The second-order valence-electron chi connectivity index (χ2n) is 7.76. The van der Waals surface area contributed by atoms with Gasteiger partial charge in [0.2, 0.25) is 5.43 Å². The van der Waals surface area contributed by atoms with Crippen molar-refractivity contribution in [3.8, 4) is 22.6 Å². The number of ether oxygens (including phenoxy) is 1. The molecule has 0 amide bonds. The lowest BCUT2D eigenvalue weighted by atomic mass is 9.98. The molecule has 2 N–H and O–H groups in total. The Morgan fingerprint density at radius 2 is 1.86 bits per heavy atom. The van der Waals surface area contributed by atoms with Crippen LogP contribution < -0.4 is 15.1 Å². The summed E-state index contributed by atoms with van der Waals surface area (Å²) >= 11 is 0. The van der Waals surface area contributed by atoms with E-state index in [1.807, 2.05) is 24.3 Å². The van der Waals surface area contributed by atoms with Gasteiger partial charge in [0.15, 0.2) is 0 Å². The molecule has 0 bridgehead atoms. The molecule has 0 atom stereocenters. The van der Waals surface area contributed by atoms with Gasteiger partial charge in [0.25, 0.3) is 0 Å². The van der Waals surface area contributed by atoms with Crippen LogP contribution in [0.15, 0.2) is 51.9 Å². The smallest absolute Gasteiger partial charge is 0.200 e. The van der Waals surface area contributed by atoms with Gasteiger partial charge in [-0.25, -0.2) is 0 Å². The van der Waals surface area contributed by atoms with E-state index in [2.05, 4.69) is 6.92 Å². The Balaban J connectivity index is 1.73. The summed E-state index contributed by atoms with van der Waals surface area (Å²) in [6.45, 7) is 5.10. The lowest BCUT2D eigenvalue weighted by molar-refractivity contribution is -0.919. The molecule has 0 unspecified atom stereocenters. The Hall–Kier alpha value is -2.79. The van der Waals surface area contributed by atoms with Crippen LogP contribution in [-0.4, -0.2) is 25.3 Å². The Bertz CT molecular complexity index is 1030. The van der Waals surface area contributed by atoms with Gasteiger partial charge in [-0.15, -0.1) is 0 Å². The fraction of sp³-hybridized carbons (Fsp3) is 0.348. The largest absolute Gasteiger partial charge is 0.507 e. The zero-order valence-electron chi connectivity index (χ0n) is 16.3. The Kier molecular flexibility index (Phi) is 5.09. The van der Waals surface area contributed by atoms with E-state index in [-0.39, 0.29) is 11.2 Å². The first-order valence-corrected chi connectivity index (χ1v) is 9.81. The zero-order chi connectivity index (χ0) is 19.7. The minimum atomic E-state index is -0.0880. The fourth-order valence-corrected chi connectivity index (χ4v) is 3.99. The topological polar surface area (TPSA) is 64.1 Å². The molecule has 1 saturated heterocycles. The Labute approximate surface area is 164 Å². The van der Waals surface area contributed by atoms with Crippen LogP contribution in [0.4, 0.5) is 0 Å². The third-order valence-electron chi connectivity index (χ3n) is 5.83. The van der Waals surface area contributed by atoms with Crippen molar-refractivity contribution in [2.24, 2.45) is 5.92 Å². The average molecular weight is 380 g/mol. The van der Waals surface area contributed by atoms with Gasteiger partial charge in [-0.3, -0.25) is 4.79 Å². The van der Waals surface area contributed by atoms with Gasteiger partial charge < -0.3 is 19.2 Å². The molecule has 5 heteroatoms. The van der Waals surface area contributed by atoms with Crippen LogP contribution in [-0.2, 0) is 6.54 Å². The summed E-state index contributed by atoms with van der Waals surface area (Å²) in [4.78, 5) is 14.5. The number of nitrogens with one attached hydrogen (secondary N) is 1. The van der Waals surface area contributed by atoms with Crippen molar-refractivity contribution < 1.29 is 19.2 Å². The number of hydrogen-bond donors (Lipinski definition) is 2. The van der Waals surface area contributed by atoms with Crippen molar-refractivity contribution in [1.29, 1.82) is 0 Å². The zero-order valence-corrected chi connectivity index (χ0v) is 16.3. The standard InChI is InChI=1S/C23H25NO4/c1-15-9-11-24(12-10-15)13-19-21(25)8-7-18-22(26)20(14-28-23(18)19)16-3-5-17(27-2)6-4-16/h3-8,14-15,25H,9-13H2,1-2H3/p+1. The first-order valence-electron chi connectivity index (χ1n) is 9.81. The average Bonchev–Trinajstić information content (AvgIpc) is 2.72. The highest BCUT2D eigenvalue weighted by atomic mass is 16.5. The Morgan fingerprint density at radius 3 is 2.54 bits per heavy atom. The molecule has 0 aliphatic carbocycles. The van der Waals surface area contributed by atoms with E-state index in [0.717, 1.165) is 35.9 Å². The molecule has 2 heterocycles. The fourth-order valence-electron chi connectivity index (χ4n) is 3.99. The molecule has 0 saturated carbocycles. The van der Waals surface area contributed by atoms with Gasteiger partial charge in [0.05, 0.1) is 36.7 Å². The molecule has 1 aliphatic rings. The number of aromatic hydroxyl groups is 1. The molecular weight excluding hydrogens is 354 g/mol. The third-order valence-corrected chi connectivity index (χ3v) is 5.83. The van der Waals surface area contributed by atoms with Crippen LogP contribution in [0.2, 0.25) is 0 Å². The van der Waals surface area contributed by atoms with Gasteiger partial charge in [0, 0.05) is 0 Å². The molecule has 146 valence electrons. The third kappa shape index (κ3) is 3.50. The van der Waals surface area contributed by atoms with E-state index in [0.29, 0.717) is 23.1 Å². The molecule has 1 aromatic heterocycles. The monoisotopic (exact) mass is 380 g/mol. The van der Waals surface area contributed by atoms with E-state index in [1.54, 1.807) is 19.2 Å². The number of phenols is 1. The molecule has 1 fully saturated rings. The SMILES string of the molecule is COc1ccc(-c2coc3c(C[NH+]4CCC(C)CC4)c(O)ccc3c2=O)cc1. The highest BCUT2D eigenvalue weighted by Gasteiger charge is 2.23. The maximum atomic E-state index is 13.1. The van der Waals surface area contributed by atoms with Crippen LogP contribution in [0, 0.1) is 5.92 Å². The molecule has 0 spiro atoms. The minimum Gasteiger partial charge on any atom is -0.507 e. The quantitative estimate of drug-likeness (QED) is 0.730. The number of quaternary nitrogens is 1. The molecule has 4 rings (SSSR count). The van der Waals surface area contributed by atoms with E-state index in [9.17, 15) is 9.90 Å². The number of rotatable bonds is 4. The number of benzene rings is 2. The molecule has 0 radical (unpaired) electrons. The highest BCUT2D eigenvalue weighted by Crippen LogP contribution is 2.28. The van der Waals surface area contributed by atoms with Crippen molar-refractivity contribution in [3.63, 3.8) is 0 Å². The highest BCUT2D eigenvalue weighted by molar-refractivity contribution is 5.85. The summed E-state index contributed by atoms with van der Waals surface area (Å²) < 4.78 is 11.1. The van der Waals surface area contributed by atoms with Crippen molar-refractivity contribution in [2.75, 3.05) is 20.2 Å². The summed E-state index contributed by atoms with van der Waals surface area (Å²) in [5, 5.41) is 10.9. The molecule has 28 heavy (non-hydrogen) atoms.